The van der Waals surface area contributed by atoms with Crippen LogP contribution in [0.15, 0.2) is 30.3 Å². The lowest BCUT2D eigenvalue weighted by Gasteiger charge is -2.39. The third-order valence-electron chi connectivity index (χ3n) is 2.88. The molecule has 0 spiro atoms. The van der Waals surface area contributed by atoms with Crippen LogP contribution in [0, 0.1) is 0 Å². The highest BCUT2D eigenvalue weighted by Crippen LogP contribution is 2.19. The van der Waals surface area contributed by atoms with Crippen molar-refractivity contribution in [1.82, 2.24) is 4.90 Å². The van der Waals surface area contributed by atoms with Crippen molar-refractivity contribution in [3.8, 4) is 0 Å². The predicted molar refractivity (Wildman–Crippen MR) is 72.6 cm³/mol. The summed E-state index contributed by atoms with van der Waals surface area (Å²) in [5.41, 5.74) is 6.40. The van der Waals surface area contributed by atoms with Crippen molar-refractivity contribution in [3.63, 3.8) is 0 Å². The van der Waals surface area contributed by atoms with Gasteiger partial charge in [0.25, 0.3) is 0 Å². The van der Waals surface area contributed by atoms with Crippen LogP contribution in [0.1, 0.15) is 26.3 Å². The molecule has 4 heteroatoms. The van der Waals surface area contributed by atoms with Gasteiger partial charge < -0.3 is 10.8 Å². The standard InChI is InChI=1S/C14H22N2O2/c1-14(2,3)16(13(17)18)12(10-15)9-11-7-5-4-6-8-11/h4-8,12H,9-10,15H2,1-3H3,(H,17,18). The molecular weight excluding hydrogens is 228 g/mol. The summed E-state index contributed by atoms with van der Waals surface area (Å²) in [6.07, 6.45) is -0.283. The molecule has 0 saturated carbocycles. The molecule has 1 rings (SSSR count). The Morgan fingerprint density at radius 1 is 1.33 bits per heavy atom. The second-order valence-corrected chi connectivity index (χ2v) is 5.40. The van der Waals surface area contributed by atoms with Crippen LogP contribution in [0.25, 0.3) is 0 Å². The molecule has 0 radical (unpaired) electrons. The lowest BCUT2D eigenvalue weighted by atomic mass is 9.98. The van der Waals surface area contributed by atoms with Gasteiger partial charge in [0.1, 0.15) is 0 Å². The van der Waals surface area contributed by atoms with Gasteiger partial charge in [-0.3, -0.25) is 4.90 Å². The molecule has 4 nitrogen and oxygen atoms in total. The predicted octanol–water partition coefficient (Wildman–Crippen LogP) is 2.33. The van der Waals surface area contributed by atoms with Gasteiger partial charge in [0.15, 0.2) is 0 Å². The summed E-state index contributed by atoms with van der Waals surface area (Å²) in [6, 6.07) is 9.62. The minimum Gasteiger partial charge on any atom is -0.465 e. The van der Waals surface area contributed by atoms with Gasteiger partial charge in [-0.1, -0.05) is 30.3 Å². The first kappa shape index (κ1) is 14.5. The smallest absolute Gasteiger partial charge is 0.408 e. The molecule has 0 heterocycles. The van der Waals surface area contributed by atoms with E-state index in [4.69, 9.17) is 5.73 Å². The van der Waals surface area contributed by atoms with Crippen molar-refractivity contribution in [3.05, 3.63) is 35.9 Å². The van der Waals surface area contributed by atoms with E-state index in [0.29, 0.717) is 13.0 Å². The Labute approximate surface area is 108 Å². The zero-order valence-electron chi connectivity index (χ0n) is 11.3. The van der Waals surface area contributed by atoms with Gasteiger partial charge >= 0.3 is 6.09 Å². The van der Waals surface area contributed by atoms with Crippen molar-refractivity contribution in [2.45, 2.75) is 38.8 Å². The zero-order chi connectivity index (χ0) is 13.8. The molecule has 0 saturated heterocycles. The fourth-order valence-electron chi connectivity index (χ4n) is 2.16. The summed E-state index contributed by atoms with van der Waals surface area (Å²) in [5, 5.41) is 9.36. The molecule has 0 fully saturated rings. The lowest BCUT2D eigenvalue weighted by Crippen LogP contribution is -2.54. The maximum absolute atomic E-state index is 11.4. The van der Waals surface area contributed by atoms with E-state index in [1.807, 2.05) is 51.1 Å². The molecule has 1 atom stereocenters. The number of nitrogens with zero attached hydrogens (tertiary/aromatic N) is 1. The van der Waals surface area contributed by atoms with Crippen LogP contribution < -0.4 is 5.73 Å². The Morgan fingerprint density at radius 2 is 1.89 bits per heavy atom. The molecule has 1 unspecified atom stereocenters. The van der Waals surface area contributed by atoms with E-state index < -0.39 is 11.6 Å². The number of rotatable bonds is 4. The molecule has 100 valence electrons. The first-order chi connectivity index (χ1) is 8.36. The summed E-state index contributed by atoms with van der Waals surface area (Å²) in [4.78, 5) is 12.9. The Balaban J connectivity index is 2.90. The molecule has 1 aromatic carbocycles. The highest BCUT2D eigenvalue weighted by Gasteiger charge is 2.32. The average Bonchev–Trinajstić information content (AvgIpc) is 2.27. The topological polar surface area (TPSA) is 66.6 Å². The van der Waals surface area contributed by atoms with E-state index >= 15 is 0 Å². The van der Waals surface area contributed by atoms with Crippen molar-refractivity contribution in [2.75, 3.05) is 6.54 Å². The van der Waals surface area contributed by atoms with Crippen LogP contribution in [0.4, 0.5) is 4.79 Å². The molecule has 18 heavy (non-hydrogen) atoms. The van der Waals surface area contributed by atoms with E-state index in [9.17, 15) is 9.90 Å². The largest absolute Gasteiger partial charge is 0.465 e. The lowest BCUT2D eigenvalue weighted by molar-refractivity contribution is 0.0724. The van der Waals surface area contributed by atoms with E-state index in [1.54, 1.807) is 0 Å². The van der Waals surface area contributed by atoms with Crippen LogP contribution in [0.3, 0.4) is 0 Å². The molecule has 1 aromatic rings. The quantitative estimate of drug-likeness (QED) is 0.862. The van der Waals surface area contributed by atoms with Crippen LogP contribution in [0.5, 0.6) is 0 Å². The Hall–Kier alpha value is -1.55. The molecule has 0 aliphatic heterocycles. The van der Waals surface area contributed by atoms with E-state index in [1.165, 1.54) is 4.90 Å². The highest BCUT2D eigenvalue weighted by atomic mass is 16.4. The van der Waals surface area contributed by atoms with Gasteiger partial charge in [0, 0.05) is 12.1 Å². The average molecular weight is 250 g/mol. The number of carboxylic acid groups (broad SMARTS) is 1. The summed E-state index contributed by atoms with van der Waals surface area (Å²) < 4.78 is 0. The van der Waals surface area contributed by atoms with Crippen LogP contribution in [-0.2, 0) is 6.42 Å². The number of hydrogen-bond acceptors (Lipinski definition) is 2. The van der Waals surface area contributed by atoms with Gasteiger partial charge in [-0.2, -0.15) is 0 Å². The Bertz CT molecular complexity index is 385. The Morgan fingerprint density at radius 3 is 2.28 bits per heavy atom. The first-order valence-corrected chi connectivity index (χ1v) is 6.12. The third kappa shape index (κ3) is 3.74. The SMILES string of the molecule is CC(C)(C)N(C(=O)O)C(CN)Cc1ccccc1. The molecule has 0 aromatic heterocycles. The van der Waals surface area contributed by atoms with Crippen molar-refractivity contribution in [2.24, 2.45) is 5.73 Å². The van der Waals surface area contributed by atoms with Crippen LogP contribution >= 0.6 is 0 Å². The highest BCUT2D eigenvalue weighted by molar-refractivity contribution is 5.66. The second-order valence-electron chi connectivity index (χ2n) is 5.40. The maximum Gasteiger partial charge on any atom is 0.408 e. The summed E-state index contributed by atoms with van der Waals surface area (Å²) in [5.74, 6) is 0. The minimum atomic E-state index is -0.922. The molecule has 0 aliphatic carbocycles. The molecule has 1 amide bonds. The van der Waals surface area contributed by atoms with Gasteiger partial charge in [-0.15, -0.1) is 0 Å². The minimum absolute atomic E-state index is 0.204. The maximum atomic E-state index is 11.4. The van der Waals surface area contributed by atoms with Crippen molar-refractivity contribution >= 4 is 6.09 Å². The van der Waals surface area contributed by atoms with Gasteiger partial charge in [0.2, 0.25) is 0 Å². The van der Waals surface area contributed by atoms with Crippen molar-refractivity contribution in [1.29, 1.82) is 0 Å². The summed E-state index contributed by atoms with van der Waals surface area (Å²) >= 11 is 0. The van der Waals surface area contributed by atoms with Crippen molar-refractivity contribution < 1.29 is 9.90 Å². The second kappa shape index (κ2) is 5.87. The zero-order valence-corrected chi connectivity index (χ0v) is 11.3. The normalized spacial score (nSPS) is 13.1. The number of benzene rings is 1. The summed E-state index contributed by atoms with van der Waals surface area (Å²) in [6.45, 7) is 5.97. The number of amides is 1. The van der Waals surface area contributed by atoms with Gasteiger partial charge in [-0.25, -0.2) is 4.79 Å². The first-order valence-electron chi connectivity index (χ1n) is 6.12. The third-order valence-corrected chi connectivity index (χ3v) is 2.88. The molecular formula is C14H22N2O2. The van der Waals surface area contributed by atoms with Gasteiger partial charge in [-0.05, 0) is 32.8 Å². The van der Waals surface area contributed by atoms with Crippen LogP contribution in [0.2, 0.25) is 0 Å². The molecule has 0 aliphatic rings. The van der Waals surface area contributed by atoms with Crippen LogP contribution in [-0.4, -0.2) is 34.2 Å². The van der Waals surface area contributed by atoms with E-state index in [2.05, 4.69) is 0 Å². The number of carbonyl (C=O) groups is 1. The van der Waals surface area contributed by atoms with E-state index in [-0.39, 0.29) is 6.04 Å². The van der Waals surface area contributed by atoms with E-state index in [0.717, 1.165) is 5.56 Å². The number of hydrogen-bond donors (Lipinski definition) is 2. The molecule has 3 N–H and O–H groups in total. The summed E-state index contributed by atoms with van der Waals surface area (Å²) in [7, 11) is 0. The Kier molecular flexibility index (Phi) is 4.73. The number of nitrogens with two attached hydrogens (primary N) is 1. The monoisotopic (exact) mass is 250 g/mol. The molecule has 0 bridgehead atoms. The fourth-order valence-corrected chi connectivity index (χ4v) is 2.16. The van der Waals surface area contributed by atoms with Gasteiger partial charge in [0.05, 0.1) is 6.04 Å². The fraction of sp³-hybridized carbons (Fsp3) is 0.500.